The molecular weight excluding hydrogens is 340 g/mol. The minimum Gasteiger partial charge on any atom is -0.504 e. The fourth-order valence-corrected chi connectivity index (χ4v) is 6.05. The van der Waals surface area contributed by atoms with E-state index in [-0.39, 0.29) is 36.3 Å². The van der Waals surface area contributed by atoms with E-state index in [1.165, 1.54) is 5.56 Å². The molecule has 5 atom stereocenters. The molecule has 0 amide bonds. The Balaban J connectivity index is 0.00000157. The number of benzene rings is 1. The molecule has 136 valence electrons. The molecule has 2 aliphatic carbocycles. The van der Waals surface area contributed by atoms with Crippen molar-refractivity contribution < 1.29 is 14.9 Å². The molecule has 2 heterocycles. The van der Waals surface area contributed by atoms with Gasteiger partial charge in [-0.15, -0.1) is 19.0 Å². The second-order valence-electron chi connectivity index (χ2n) is 7.84. The molecule has 1 spiro atoms. The van der Waals surface area contributed by atoms with Gasteiger partial charge < -0.3 is 20.7 Å². The van der Waals surface area contributed by atoms with E-state index in [9.17, 15) is 10.2 Å². The Morgan fingerprint density at radius 3 is 2.96 bits per heavy atom. The minimum atomic E-state index is -0.860. The van der Waals surface area contributed by atoms with Gasteiger partial charge in [0.2, 0.25) is 0 Å². The van der Waals surface area contributed by atoms with Crippen LogP contribution in [0.15, 0.2) is 24.8 Å². The molecule has 1 aromatic rings. The number of aromatic hydroxyl groups is 1. The summed E-state index contributed by atoms with van der Waals surface area (Å²) in [4.78, 5) is 2.35. The normalized spacial score (nSPS) is 40.6. The molecule has 2 bridgehead atoms. The number of nitrogens with two attached hydrogens (primary N) is 1. The van der Waals surface area contributed by atoms with Crippen LogP contribution in [0.3, 0.4) is 0 Å². The fourth-order valence-electron chi connectivity index (χ4n) is 6.05. The number of piperidine rings is 1. The van der Waals surface area contributed by atoms with Crippen LogP contribution in [0.2, 0.25) is 0 Å². The summed E-state index contributed by atoms with van der Waals surface area (Å²) < 4.78 is 6.21. The van der Waals surface area contributed by atoms with E-state index in [0.717, 1.165) is 37.9 Å². The highest BCUT2D eigenvalue weighted by Gasteiger charge is 2.72. The summed E-state index contributed by atoms with van der Waals surface area (Å²) in [5.74, 6) is 0.725. The Bertz CT molecular complexity index is 742. The van der Waals surface area contributed by atoms with Gasteiger partial charge in [0.05, 0.1) is 11.0 Å². The number of phenolic OH excluding ortho intramolecular Hbond substituents is 1. The topological polar surface area (TPSA) is 79.0 Å². The zero-order chi connectivity index (χ0) is 16.7. The first-order valence-corrected chi connectivity index (χ1v) is 8.88. The van der Waals surface area contributed by atoms with Crippen molar-refractivity contribution >= 4 is 12.4 Å². The van der Waals surface area contributed by atoms with E-state index in [4.69, 9.17) is 10.5 Å². The highest BCUT2D eigenvalue weighted by molar-refractivity contribution is 5.85. The Labute approximate surface area is 153 Å². The van der Waals surface area contributed by atoms with Crippen LogP contribution < -0.4 is 10.5 Å². The van der Waals surface area contributed by atoms with E-state index in [0.29, 0.717) is 12.2 Å². The molecule has 1 saturated carbocycles. The number of halogens is 1. The number of rotatable bonds is 2. The lowest BCUT2D eigenvalue weighted by Gasteiger charge is -2.63. The van der Waals surface area contributed by atoms with E-state index < -0.39 is 11.0 Å². The van der Waals surface area contributed by atoms with Gasteiger partial charge in [-0.3, -0.25) is 4.90 Å². The van der Waals surface area contributed by atoms with Crippen LogP contribution in [0, 0.1) is 0 Å². The van der Waals surface area contributed by atoms with E-state index >= 15 is 0 Å². The summed E-state index contributed by atoms with van der Waals surface area (Å²) in [5.41, 5.74) is 7.28. The lowest BCUT2D eigenvalue weighted by atomic mass is 9.48. The van der Waals surface area contributed by atoms with Crippen molar-refractivity contribution in [3.63, 3.8) is 0 Å². The van der Waals surface area contributed by atoms with Gasteiger partial charge in [0, 0.05) is 24.2 Å². The van der Waals surface area contributed by atoms with Gasteiger partial charge in [-0.25, -0.2) is 0 Å². The lowest BCUT2D eigenvalue weighted by molar-refractivity contribution is -0.186. The standard InChI is InChI=1S/C19H24N2O3.ClH/c1-2-8-21-9-7-18-15-11-3-4-13(22)16(15)24-17(18)12(20)5-6-19(18,23)14(21)10-11;/h2-4,12,14,17,22-23H,1,5-10,20H2;1H/t12-,14+,17-,18-,19+;/m0./s1. The molecule has 6 heteroatoms. The Morgan fingerprint density at radius 2 is 2.20 bits per heavy atom. The summed E-state index contributed by atoms with van der Waals surface area (Å²) >= 11 is 0. The number of aliphatic hydroxyl groups is 1. The second kappa shape index (κ2) is 5.36. The summed E-state index contributed by atoms with van der Waals surface area (Å²) in [7, 11) is 0. The monoisotopic (exact) mass is 364 g/mol. The number of hydrogen-bond acceptors (Lipinski definition) is 5. The van der Waals surface area contributed by atoms with Gasteiger partial charge in [-0.1, -0.05) is 12.1 Å². The summed E-state index contributed by atoms with van der Waals surface area (Å²) in [5, 5.41) is 22.3. The maximum absolute atomic E-state index is 11.9. The van der Waals surface area contributed by atoms with Gasteiger partial charge in [0.15, 0.2) is 11.5 Å². The molecule has 0 unspecified atom stereocenters. The van der Waals surface area contributed by atoms with Gasteiger partial charge in [0.25, 0.3) is 0 Å². The molecule has 1 saturated heterocycles. The molecule has 4 N–H and O–H groups in total. The highest BCUT2D eigenvalue weighted by atomic mass is 35.5. The third-order valence-electron chi connectivity index (χ3n) is 6.98. The number of phenols is 1. The Morgan fingerprint density at radius 1 is 1.40 bits per heavy atom. The Hall–Kier alpha value is -1.27. The van der Waals surface area contributed by atoms with Gasteiger partial charge in [-0.2, -0.15) is 0 Å². The molecular formula is C19H25ClN2O3. The van der Waals surface area contributed by atoms with Crippen LogP contribution in [0.25, 0.3) is 0 Å². The number of ether oxygens (including phenoxy) is 1. The Kier molecular flexibility index (Phi) is 3.68. The third kappa shape index (κ3) is 1.80. The molecule has 25 heavy (non-hydrogen) atoms. The molecule has 2 aliphatic heterocycles. The largest absolute Gasteiger partial charge is 0.504 e. The average Bonchev–Trinajstić information content (AvgIpc) is 2.91. The number of likely N-dealkylation sites (tertiary alicyclic amines) is 1. The van der Waals surface area contributed by atoms with Crippen molar-refractivity contribution in [3.8, 4) is 11.5 Å². The van der Waals surface area contributed by atoms with Crippen LogP contribution in [0.1, 0.15) is 30.4 Å². The van der Waals surface area contributed by atoms with E-state index in [1.807, 2.05) is 12.1 Å². The zero-order valence-electron chi connectivity index (χ0n) is 14.1. The van der Waals surface area contributed by atoms with Crippen molar-refractivity contribution in [2.24, 2.45) is 5.73 Å². The number of nitrogens with zero attached hydrogens (tertiary/aromatic N) is 1. The van der Waals surface area contributed by atoms with Crippen LogP contribution in [-0.4, -0.2) is 52.0 Å². The molecule has 0 aromatic heterocycles. The van der Waals surface area contributed by atoms with Gasteiger partial charge in [-0.05, 0) is 43.9 Å². The van der Waals surface area contributed by atoms with Crippen LogP contribution >= 0.6 is 12.4 Å². The maximum atomic E-state index is 11.9. The van der Waals surface area contributed by atoms with Crippen molar-refractivity contribution in [1.82, 2.24) is 4.90 Å². The molecule has 5 rings (SSSR count). The lowest BCUT2D eigenvalue weighted by Crippen LogP contribution is -2.77. The molecule has 0 radical (unpaired) electrons. The zero-order valence-corrected chi connectivity index (χ0v) is 15.0. The molecule has 2 fully saturated rings. The molecule has 4 aliphatic rings. The van der Waals surface area contributed by atoms with Crippen LogP contribution in [-0.2, 0) is 11.8 Å². The quantitative estimate of drug-likeness (QED) is 0.693. The molecule has 5 nitrogen and oxygen atoms in total. The van der Waals surface area contributed by atoms with Gasteiger partial charge >= 0.3 is 0 Å². The maximum Gasteiger partial charge on any atom is 0.165 e. The van der Waals surface area contributed by atoms with Crippen LogP contribution in [0.5, 0.6) is 11.5 Å². The van der Waals surface area contributed by atoms with Gasteiger partial charge in [0.1, 0.15) is 6.10 Å². The summed E-state index contributed by atoms with van der Waals surface area (Å²) in [6.07, 6.45) is 4.66. The summed E-state index contributed by atoms with van der Waals surface area (Å²) in [6.45, 7) is 5.55. The predicted molar refractivity (Wildman–Crippen MR) is 97.5 cm³/mol. The van der Waals surface area contributed by atoms with E-state index in [1.54, 1.807) is 6.07 Å². The SMILES string of the molecule is C=CCN1CC[C@]23c4c5ccc(O)c4O[C@H]2[C@@H](N)CC[C@@]3(O)[C@H]1C5.Cl. The average molecular weight is 365 g/mol. The fraction of sp³-hybridized carbons (Fsp3) is 0.579. The second-order valence-corrected chi connectivity index (χ2v) is 7.84. The first kappa shape index (κ1) is 17.2. The minimum absolute atomic E-state index is 0. The van der Waals surface area contributed by atoms with E-state index in [2.05, 4.69) is 11.5 Å². The third-order valence-corrected chi connectivity index (χ3v) is 6.98. The van der Waals surface area contributed by atoms with Crippen molar-refractivity contribution in [2.75, 3.05) is 13.1 Å². The molecule has 1 aromatic carbocycles. The first-order valence-electron chi connectivity index (χ1n) is 8.88. The number of hydrogen-bond donors (Lipinski definition) is 3. The smallest absolute Gasteiger partial charge is 0.165 e. The summed E-state index contributed by atoms with van der Waals surface area (Å²) in [6, 6.07) is 3.64. The van der Waals surface area contributed by atoms with Crippen molar-refractivity contribution in [1.29, 1.82) is 0 Å². The van der Waals surface area contributed by atoms with Crippen molar-refractivity contribution in [3.05, 3.63) is 35.9 Å². The van der Waals surface area contributed by atoms with Crippen molar-refractivity contribution in [2.45, 2.75) is 54.9 Å². The first-order chi connectivity index (χ1) is 11.5. The van der Waals surface area contributed by atoms with Crippen LogP contribution in [0.4, 0.5) is 0 Å². The predicted octanol–water partition coefficient (Wildman–Crippen LogP) is 1.48. The highest BCUT2D eigenvalue weighted by Crippen LogP contribution is 2.65.